The van der Waals surface area contributed by atoms with Crippen molar-refractivity contribution in [2.24, 2.45) is 5.92 Å². The Bertz CT molecular complexity index is 449. The Morgan fingerprint density at radius 3 is 3.12 bits per heavy atom. The van der Waals surface area contributed by atoms with Crippen LogP contribution in [0.5, 0.6) is 0 Å². The molecular weight excluding hydrogens is 242 g/mol. The summed E-state index contributed by atoms with van der Waals surface area (Å²) in [5, 5.41) is 0.150. The molecule has 1 aromatic heterocycles. The van der Waals surface area contributed by atoms with Crippen LogP contribution >= 0.6 is 11.6 Å². The van der Waals surface area contributed by atoms with E-state index in [2.05, 4.69) is 16.9 Å². The molecule has 0 saturated carbocycles. The molecule has 94 valence electrons. The summed E-state index contributed by atoms with van der Waals surface area (Å²) in [6, 6.07) is 0. The van der Waals surface area contributed by atoms with Crippen molar-refractivity contribution < 1.29 is 4.74 Å². The predicted molar refractivity (Wildman–Crippen MR) is 66.7 cm³/mol. The quantitative estimate of drug-likeness (QED) is 0.867. The van der Waals surface area contributed by atoms with E-state index in [0.717, 1.165) is 13.0 Å². The van der Waals surface area contributed by atoms with Crippen molar-refractivity contribution in [1.29, 1.82) is 0 Å². The van der Waals surface area contributed by atoms with E-state index in [1.54, 1.807) is 7.11 Å². The Kier molecular flexibility index (Phi) is 3.69. The number of ether oxygens (including phenoxy) is 1. The number of halogens is 1. The molecule has 1 aliphatic rings. The summed E-state index contributed by atoms with van der Waals surface area (Å²) in [5.74, 6) is 1.06. The van der Waals surface area contributed by atoms with Crippen LogP contribution in [0.1, 0.15) is 13.3 Å². The first-order chi connectivity index (χ1) is 8.13. The van der Waals surface area contributed by atoms with Crippen LogP contribution in [0.2, 0.25) is 5.02 Å². The van der Waals surface area contributed by atoms with Gasteiger partial charge in [-0.05, 0) is 12.3 Å². The zero-order valence-electron chi connectivity index (χ0n) is 9.94. The molecule has 0 spiro atoms. The highest BCUT2D eigenvalue weighted by Crippen LogP contribution is 2.26. The smallest absolute Gasteiger partial charge is 0.271 e. The van der Waals surface area contributed by atoms with E-state index < -0.39 is 0 Å². The Labute approximate surface area is 105 Å². The lowest BCUT2D eigenvalue weighted by atomic mass is 9.96. The molecule has 0 amide bonds. The molecule has 17 heavy (non-hydrogen) atoms. The number of hydrogen-bond donors (Lipinski definition) is 1. The van der Waals surface area contributed by atoms with Crippen LogP contribution in [-0.4, -0.2) is 36.3 Å². The lowest BCUT2D eigenvalue weighted by molar-refractivity contribution is 0.0496. The van der Waals surface area contributed by atoms with Gasteiger partial charge in [0.15, 0.2) is 5.82 Å². The average molecular weight is 258 g/mol. The minimum atomic E-state index is -0.302. The maximum atomic E-state index is 11.4. The standard InChI is InChI=1S/C11H16ClN3O2/c1-7-3-4-15(5-8(7)17-2)10-9(12)11(16)14-6-13-10/h6-8H,3-5H2,1-2H3,(H,13,14,16). The highest BCUT2D eigenvalue weighted by Gasteiger charge is 2.28. The van der Waals surface area contributed by atoms with Gasteiger partial charge >= 0.3 is 0 Å². The van der Waals surface area contributed by atoms with Gasteiger partial charge in [-0.15, -0.1) is 0 Å². The SMILES string of the molecule is COC1CN(c2nc[nH]c(=O)c2Cl)CCC1C. The van der Waals surface area contributed by atoms with E-state index in [-0.39, 0.29) is 16.7 Å². The first-order valence-electron chi connectivity index (χ1n) is 5.64. The fourth-order valence-electron chi connectivity index (χ4n) is 2.13. The van der Waals surface area contributed by atoms with Gasteiger partial charge in [-0.1, -0.05) is 18.5 Å². The zero-order valence-corrected chi connectivity index (χ0v) is 10.7. The monoisotopic (exact) mass is 257 g/mol. The van der Waals surface area contributed by atoms with Crippen molar-refractivity contribution in [3.05, 3.63) is 21.7 Å². The van der Waals surface area contributed by atoms with Gasteiger partial charge in [-0.3, -0.25) is 4.79 Å². The number of H-pyrrole nitrogens is 1. The highest BCUT2D eigenvalue weighted by molar-refractivity contribution is 6.32. The van der Waals surface area contributed by atoms with E-state index in [4.69, 9.17) is 16.3 Å². The fraction of sp³-hybridized carbons (Fsp3) is 0.636. The number of piperidine rings is 1. The van der Waals surface area contributed by atoms with Gasteiger partial charge in [0.05, 0.1) is 12.4 Å². The number of hydrogen-bond acceptors (Lipinski definition) is 4. The van der Waals surface area contributed by atoms with Crippen LogP contribution < -0.4 is 10.5 Å². The number of rotatable bonds is 2. The topological polar surface area (TPSA) is 58.2 Å². The minimum Gasteiger partial charge on any atom is -0.379 e. The molecule has 5 nitrogen and oxygen atoms in total. The van der Waals surface area contributed by atoms with Crippen molar-refractivity contribution in [1.82, 2.24) is 9.97 Å². The summed E-state index contributed by atoms with van der Waals surface area (Å²) in [7, 11) is 1.71. The fourth-order valence-corrected chi connectivity index (χ4v) is 2.35. The molecule has 0 aliphatic carbocycles. The number of methoxy groups -OCH3 is 1. The normalized spacial score (nSPS) is 25.0. The van der Waals surface area contributed by atoms with Gasteiger partial charge in [0.1, 0.15) is 5.02 Å². The molecule has 1 N–H and O–H groups in total. The van der Waals surface area contributed by atoms with Gasteiger partial charge in [-0.25, -0.2) is 4.98 Å². The van der Waals surface area contributed by atoms with Crippen LogP contribution in [0, 0.1) is 5.92 Å². The lowest BCUT2D eigenvalue weighted by Crippen LogP contribution is -2.44. The number of aromatic amines is 1. The van der Waals surface area contributed by atoms with Crippen molar-refractivity contribution in [2.75, 3.05) is 25.1 Å². The van der Waals surface area contributed by atoms with Crippen LogP contribution in [0.4, 0.5) is 5.82 Å². The lowest BCUT2D eigenvalue weighted by Gasteiger charge is -2.36. The van der Waals surface area contributed by atoms with E-state index in [0.29, 0.717) is 18.3 Å². The molecule has 6 heteroatoms. The number of nitrogens with one attached hydrogen (secondary N) is 1. The van der Waals surface area contributed by atoms with Crippen molar-refractivity contribution in [2.45, 2.75) is 19.4 Å². The number of nitrogens with zero attached hydrogens (tertiary/aromatic N) is 2. The summed E-state index contributed by atoms with van der Waals surface area (Å²) in [5.41, 5.74) is -0.302. The van der Waals surface area contributed by atoms with Gasteiger partial charge in [0, 0.05) is 20.2 Å². The summed E-state index contributed by atoms with van der Waals surface area (Å²) in [6.45, 7) is 3.73. The number of aromatic nitrogens is 2. The molecule has 1 saturated heterocycles. The van der Waals surface area contributed by atoms with Crippen molar-refractivity contribution >= 4 is 17.4 Å². The molecule has 2 unspecified atom stereocenters. The first-order valence-corrected chi connectivity index (χ1v) is 6.02. The summed E-state index contributed by atoms with van der Waals surface area (Å²) in [4.78, 5) is 20.0. The molecule has 1 aliphatic heterocycles. The third kappa shape index (κ3) is 2.45. The first kappa shape index (κ1) is 12.4. The summed E-state index contributed by atoms with van der Waals surface area (Å²) < 4.78 is 5.43. The molecule has 0 radical (unpaired) electrons. The van der Waals surface area contributed by atoms with E-state index in [1.807, 2.05) is 4.90 Å². The third-order valence-electron chi connectivity index (χ3n) is 3.27. The van der Waals surface area contributed by atoms with Crippen LogP contribution in [0.3, 0.4) is 0 Å². The Morgan fingerprint density at radius 1 is 1.65 bits per heavy atom. The predicted octanol–water partition coefficient (Wildman–Crippen LogP) is 1.28. The summed E-state index contributed by atoms with van der Waals surface area (Å²) >= 11 is 5.97. The second kappa shape index (κ2) is 5.06. The molecule has 1 aromatic rings. The Balaban J connectivity index is 2.23. The minimum absolute atomic E-state index is 0.150. The second-order valence-electron chi connectivity index (χ2n) is 4.36. The summed E-state index contributed by atoms with van der Waals surface area (Å²) in [6.07, 6.45) is 2.54. The Morgan fingerprint density at radius 2 is 2.41 bits per heavy atom. The molecular formula is C11H16ClN3O2. The van der Waals surface area contributed by atoms with Gasteiger partial charge in [0.2, 0.25) is 0 Å². The van der Waals surface area contributed by atoms with E-state index in [9.17, 15) is 4.79 Å². The van der Waals surface area contributed by atoms with Gasteiger partial charge in [0.25, 0.3) is 5.56 Å². The maximum absolute atomic E-state index is 11.4. The van der Waals surface area contributed by atoms with Gasteiger partial charge in [-0.2, -0.15) is 0 Å². The molecule has 2 rings (SSSR count). The van der Waals surface area contributed by atoms with Crippen LogP contribution in [-0.2, 0) is 4.74 Å². The molecule has 0 aromatic carbocycles. The Hall–Kier alpha value is -1.07. The third-order valence-corrected chi connectivity index (χ3v) is 3.61. The van der Waals surface area contributed by atoms with Crippen molar-refractivity contribution in [3.8, 4) is 0 Å². The highest BCUT2D eigenvalue weighted by atomic mass is 35.5. The van der Waals surface area contributed by atoms with Gasteiger partial charge < -0.3 is 14.6 Å². The van der Waals surface area contributed by atoms with Crippen molar-refractivity contribution in [3.63, 3.8) is 0 Å². The molecule has 1 fully saturated rings. The molecule has 2 heterocycles. The second-order valence-corrected chi connectivity index (χ2v) is 4.73. The molecule has 2 atom stereocenters. The zero-order chi connectivity index (χ0) is 12.4. The van der Waals surface area contributed by atoms with Crippen LogP contribution in [0.15, 0.2) is 11.1 Å². The largest absolute Gasteiger partial charge is 0.379 e. The average Bonchev–Trinajstić information content (AvgIpc) is 2.34. The van der Waals surface area contributed by atoms with E-state index in [1.165, 1.54) is 6.33 Å². The number of anilines is 1. The van der Waals surface area contributed by atoms with E-state index >= 15 is 0 Å². The van der Waals surface area contributed by atoms with Crippen LogP contribution in [0.25, 0.3) is 0 Å². The molecule has 0 bridgehead atoms. The maximum Gasteiger partial charge on any atom is 0.271 e.